The Hall–Kier alpha value is -0.730. The Kier molecular flexibility index (Phi) is 6.12. The van der Waals surface area contributed by atoms with Crippen molar-refractivity contribution in [1.82, 2.24) is 4.90 Å². The van der Waals surface area contributed by atoms with E-state index in [2.05, 4.69) is 0 Å². The van der Waals surface area contributed by atoms with Gasteiger partial charge in [0.2, 0.25) is 0 Å². The van der Waals surface area contributed by atoms with Crippen LogP contribution in [0.1, 0.15) is 34.1 Å². The largest absolute Gasteiger partial charge is 0.466 e. The monoisotopic (exact) mass is 305 g/mol. The van der Waals surface area contributed by atoms with Gasteiger partial charge in [0.05, 0.1) is 31.8 Å². The van der Waals surface area contributed by atoms with Crippen LogP contribution in [0.15, 0.2) is 0 Å². The predicted octanol–water partition coefficient (Wildman–Crippen LogP) is -1.13. The number of hydrogen-bond donors (Lipinski definition) is 4. The Morgan fingerprint density at radius 1 is 1.10 bits per heavy atom. The first-order valence-electron chi connectivity index (χ1n) is 7.24. The van der Waals surface area contributed by atoms with Crippen LogP contribution >= 0.6 is 0 Å². The van der Waals surface area contributed by atoms with Gasteiger partial charge in [-0.3, -0.25) is 9.69 Å². The zero-order chi connectivity index (χ0) is 16.4. The van der Waals surface area contributed by atoms with Gasteiger partial charge in [0.15, 0.2) is 0 Å². The fourth-order valence-corrected chi connectivity index (χ4v) is 3.03. The first kappa shape index (κ1) is 18.3. The SMILES string of the molecule is CCOC(=O)C[C@H]1[C@H](O)[C@@H](O)[C@H](O)[C@H](CO)N1C(C)(C)C. The Morgan fingerprint density at radius 3 is 2.05 bits per heavy atom. The molecule has 0 aliphatic carbocycles. The van der Waals surface area contributed by atoms with E-state index in [1.165, 1.54) is 0 Å². The second kappa shape index (κ2) is 7.02. The molecule has 0 amide bonds. The number of rotatable bonds is 4. The lowest BCUT2D eigenvalue weighted by Gasteiger charge is -2.54. The average molecular weight is 305 g/mol. The molecule has 0 bridgehead atoms. The quantitative estimate of drug-likeness (QED) is 0.486. The van der Waals surface area contributed by atoms with Crippen LogP contribution in [0.4, 0.5) is 0 Å². The highest BCUT2D eigenvalue weighted by molar-refractivity contribution is 5.70. The van der Waals surface area contributed by atoms with E-state index in [4.69, 9.17) is 4.74 Å². The minimum atomic E-state index is -1.42. The highest BCUT2D eigenvalue weighted by Crippen LogP contribution is 2.33. The van der Waals surface area contributed by atoms with Gasteiger partial charge in [-0.25, -0.2) is 0 Å². The molecule has 5 atom stereocenters. The average Bonchev–Trinajstić information content (AvgIpc) is 2.38. The highest BCUT2D eigenvalue weighted by atomic mass is 16.5. The van der Waals surface area contributed by atoms with Crippen molar-refractivity contribution in [3.63, 3.8) is 0 Å². The standard InChI is InChI=1S/C14H27NO6/c1-5-21-10(17)6-8-11(18)13(20)12(19)9(7-16)15(8)14(2,3)4/h8-9,11-13,16,18-20H,5-7H2,1-4H3/t8-,9-,11-,12+,13+/m0/s1. The molecule has 0 radical (unpaired) electrons. The van der Waals surface area contributed by atoms with Gasteiger partial charge in [0.25, 0.3) is 0 Å². The maximum atomic E-state index is 11.7. The summed E-state index contributed by atoms with van der Waals surface area (Å²) in [5.41, 5.74) is -0.521. The number of esters is 1. The number of piperidine rings is 1. The summed E-state index contributed by atoms with van der Waals surface area (Å²) in [6.07, 6.45) is -4.12. The van der Waals surface area contributed by atoms with Crippen LogP contribution in [-0.4, -0.2) is 80.4 Å². The summed E-state index contributed by atoms with van der Waals surface area (Å²) in [6.45, 7) is 7.08. The zero-order valence-electron chi connectivity index (χ0n) is 13.1. The minimum absolute atomic E-state index is 0.118. The number of nitrogens with zero attached hydrogens (tertiary/aromatic N) is 1. The number of ether oxygens (including phenoxy) is 1. The molecule has 1 rings (SSSR count). The molecule has 1 saturated heterocycles. The topological polar surface area (TPSA) is 110 Å². The van der Waals surface area contributed by atoms with Crippen molar-refractivity contribution < 1.29 is 30.0 Å². The smallest absolute Gasteiger partial charge is 0.307 e. The Balaban J connectivity index is 3.10. The van der Waals surface area contributed by atoms with Crippen molar-refractivity contribution in [2.45, 2.75) is 70.1 Å². The maximum absolute atomic E-state index is 11.7. The van der Waals surface area contributed by atoms with E-state index in [0.717, 1.165) is 0 Å². The molecule has 0 unspecified atom stereocenters. The molecule has 1 aliphatic heterocycles. The first-order valence-corrected chi connectivity index (χ1v) is 7.24. The molecule has 1 heterocycles. The fourth-order valence-electron chi connectivity index (χ4n) is 3.03. The maximum Gasteiger partial charge on any atom is 0.307 e. The molecular weight excluding hydrogens is 278 g/mol. The van der Waals surface area contributed by atoms with Gasteiger partial charge in [-0.15, -0.1) is 0 Å². The molecule has 0 aromatic heterocycles. The lowest BCUT2D eigenvalue weighted by Crippen LogP contribution is -2.71. The van der Waals surface area contributed by atoms with Crippen molar-refractivity contribution in [3.05, 3.63) is 0 Å². The number of aliphatic hydroxyl groups excluding tert-OH is 4. The van der Waals surface area contributed by atoms with E-state index < -0.39 is 41.9 Å². The van der Waals surface area contributed by atoms with Crippen LogP contribution < -0.4 is 0 Å². The molecule has 21 heavy (non-hydrogen) atoms. The number of carbonyl (C=O) groups is 1. The van der Waals surface area contributed by atoms with Crippen LogP contribution in [0.2, 0.25) is 0 Å². The Morgan fingerprint density at radius 2 is 1.62 bits per heavy atom. The molecule has 0 spiro atoms. The molecular formula is C14H27NO6. The van der Waals surface area contributed by atoms with Crippen LogP contribution in [-0.2, 0) is 9.53 Å². The van der Waals surface area contributed by atoms with Gasteiger partial charge in [-0.05, 0) is 27.7 Å². The molecule has 4 N–H and O–H groups in total. The van der Waals surface area contributed by atoms with E-state index >= 15 is 0 Å². The molecule has 7 nitrogen and oxygen atoms in total. The van der Waals surface area contributed by atoms with Crippen molar-refractivity contribution in [3.8, 4) is 0 Å². The minimum Gasteiger partial charge on any atom is -0.466 e. The zero-order valence-corrected chi connectivity index (χ0v) is 13.1. The van der Waals surface area contributed by atoms with Gasteiger partial charge in [-0.1, -0.05) is 0 Å². The van der Waals surface area contributed by atoms with Gasteiger partial charge >= 0.3 is 5.97 Å². The molecule has 0 aromatic rings. The van der Waals surface area contributed by atoms with Crippen molar-refractivity contribution in [2.75, 3.05) is 13.2 Å². The number of likely N-dealkylation sites (tertiary alicyclic amines) is 1. The number of hydrogen-bond acceptors (Lipinski definition) is 7. The third kappa shape index (κ3) is 3.92. The highest BCUT2D eigenvalue weighted by Gasteiger charge is 2.51. The fraction of sp³-hybridized carbons (Fsp3) is 0.929. The first-order chi connectivity index (χ1) is 9.65. The van der Waals surface area contributed by atoms with Crippen molar-refractivity contribution in [2.24, 2.45) is 0 Å². The molecule has 1 fully saturated rings. The summed E-state index contributed by atoms with van der Waals surface area (Å²) in [5, 5.41) is 39.8. The molecule has 124 valence electrons. The number of aliphatic hydroxyl groups is 4. The van der Waals surface area contributed by atoms with Crippen LogP contribution in [0.5, 0.6) is 0 Å². The number of carbonyl (C=O) groups excluding carboxylic acids is 1. The molecule has 1 aliphatic rings. The summed E-state index contributed by atoms with van der Waals surface area (Å²) < 4.78 is 4.90. The third-order valence-electron chi connectivity index (χ3n) is 3.85. The van der Waals surface area contributed by atoms with E-state index in [0.29, 0.717) is 0 Å². The van der Waals surface area contributed by atoms with Crippen molar-refractivity contribution >= 4 is 5.97 Å². The van der Waals surface area contributed by atoms with E-state index in [-0.39, 0.29) is 19.6 Å². The Bertz CT molecular complexity index is 356. The van der Waals surface area contributed by atoms with E-state index in [1.807, 2.05) is 20.8 Å². The normalized spacial score (nSPS) is 34.8. The second-order valence-electron chi connectivity index (χ2n) is 6.38. The summed E-state index contributed by atoms with van der Waals surface area (Å²) in [5.74, 6) is -0.490. The Labute approximate surface area is 125 Å². The lowest BCUT2D eigenvalue weighted by atomic mass is 9.82. The van der Waals surface area contributed by atoms with E-state index in [1.54, 1.807) is 11.8 Å². The van der Waals surface area contributed by atoms with Crippen LogP contribution in [0.3, 0.4) is 0 Å². The van der Waals surface area contributed by atoms with E-state index in [9.17, 15) is 25.2 Å². The van der Waals surface area contributed by atoms with Gasteiger partial charge in [-0.2, -0.15) is 0 Å². The van der Waals surface area contributed by atoms with Crippen molar-refractivity contribution in [1.29, 1.82) is 0 Å². The van der Waals surface area contributed by atoms with Gasteiger partial charge in [0, 0.05) is 11.6 Å². The third-order valence-corrected chi connectivity index (χ3v) is 3.85. The van der Waals surface area contributed by atoms with Crippen LogP contribution in [0.25, 0.3) is 0 Å². The van der Waals surface area contributed by atoms with Gasteiger partial charge in [0.1, 0.15) is 12.2 Å². The summed E-state index contributed by atoms with van der Waals surface area (Å²) >= 11 is 0. The molecule has 0 aromatic carbocycles. The molecule has 0 saturated carbocycles. The predicted molar refractivity (Wildman–Crippen MR) is 75.5 cm³/mol. The second-order valence-corrected chi connectivity index (χ2v) is 6.38. The molecule has 7 heteroatoms. The van der Waals surface area contributed by atoms with Crippen LogP contribution in [0, 0.1) is 0 Å². The summed E-state index contributed by atoms with van der Waals surface area (Å²) in [6, 6.07) is -1.50. The lowest BCUT2D eigenvalue weighted by molar-refractivity contribution is -0.196. The summed E-state index contributed by atoms with van der Waals surface area (Å²) in [4.78, 5) is 13.4. The summed E-state index contributed by atoms with van der Waals surface area (Å²) in [7, 11) is 0. The van der Waals surface area contributed by atoms with Gasteiger partial charge < -0.3 is 25.2 Å².